The number of nitriles is 1. The summed E-state index contributed by atoms with van der Waals surface area (Å²) in [7, 11) is 1.64. The minimum absolute atomic E-state index is 0.331. The number of methoxy groups -OCH3 is 1. The van der Waals surface area contributed by atoms with Crippen LogP contribution in [-0.2, 0) is 12.0 Å². The van der Waals surface area contributed by atoms with Gasteiger partial charge >= 0.3 is 0 Å². The third-order valence-electron chi connectivity index (χ3n) is 6.14. The van der Waals surface area contributed by atoms with Gasteiger partial charge in [0.1, 0.15) is 17.0 Å². The molecule has 1 aliphatic heterocycles. The summed E-state index contributed by atoms with van der Waals surface area (Å²) in [6.45, 7) is 2.63. The molecule has 2 aromatic carbocycles. The highest BCUT2D eigenvalue weighted by Crippen LogP contribution is 2.38. The van der Waals surface area contributed by atoms with Crippen LogP contribution in [-0.4, -0.2) is 31.4 Å². The number of hydrogen-bond acceptors (Lipinski definition) is 5. The van der Waals surface area contributed by atoms with E-state index < -0.39 is 5.41 Å². The van der Waals surface area contributed by atoms with Crippen LogP contribution in [0.25, 0.3) is 17.8 Å². The summed E-state index contributed by atoms with van der Waals surface area (Å²) in [4.78, 5) is 8.98. The van der Waals surface area contributed by atoms with Crippen molar-refractivity contribution in [3.8, 4) is 17.5 Å². The molecule has 0 N–H and O–H groups in total. The number of nitrogens with zero attached hydrogens (tertiary/aromatic N) is 6. The van der Waals surface area contributed by atoms with Crippen LogP contribution < -0.4 is 4.74 Å². The van der Waals surface area contributed by atoms with Gasteiger partial charge in [-0.15, -0.1) is 0 Å². The zero-order valence-corrected chi connectivity index (χ0v) is 18.9. The summed E-state index contributed by atoms with van der Waals surface area (Å²) >= 11 is 0. The highest BCUT2D eigenvalue weighted by Gasteiger charge is 2.42. The lowest BCUT2D eigenvalue weighted by Gasteiger charge is -2.30. The Bertz CT molecular complexity index is 1410. The van der Waals surface area contributed by atoms with Gasteiger partial charge in [0.15, 0.2) is 11.6 Å². The molecule has 0 saturated carbocycles. The molecular formula is C26H23FN6O. The molecule has 0 amide bonds. The smallest absolute Gasteiger partial charge is 0.174 e. The van der Waals surface area contributed by atoms with Crippen molar-refractivity contribution in [3.63, 3.8) is 0 Å². The fourth-order valence-electron chi connectivity index (χ4n) is 4.42. The summed E-state index contributed by atoms with van der Waals surface area (Å²) in [5, 5.41) is 14.8. The standard InChI is InChI=1S/C26H23FN6O/c1-18-15-32(17-29-18)22-10-4-19(14-23(22)34-2)5-11-24-30-25-26(16-28,12-3-13-33(25)31-24)20-6-8-21(27)9-7-20/h4-11,14-15,17H,3,12-13H2,1-2H3. The SMILES string of the molecule is COc1cc(C=Cc2nc3n(n2)CCCC3(C#N)c2ccc(F)cc2)ccc1-n1cnc(C)c1. The van der Waals surface area contributed by atoms with Crippen LogP contribution in [0, 0.1) is 24.1 Å². The van der Waals surface area contributed by atoms with Crippen molar-refractivity contribution >= 4 is 12.2 Å². The van der Waals surface area contributed by atoms with Gasteiger partial charge in [0.05, 0.1) is 30.9 Å². The molecule has 34 heavy (non-hydrogen) atoms. The summed E-state index contributed by atoms with van der Waals surface area (Å²) in [6.07, 6.45) is 8.84. The molecule has 1 unspecified atom stereocenters. The zero-order valence-electron chi connectivity index (χ0n) is 18.9. The van der Waals surface area contributed by atoms with Crippen molar-refractivity contribution < 1.29 is 9.13 Å². The molecule has 5 rings (SSSR count). The zero-order chi connectivity index (χ0) is 23.7. The van der Waals surface area contributed by atoms with Crippen LogP contribution in [0.3, 0.4) is 0 Å². The molecule has 0 aliphatic carbocycles. The van der Waals surface area contributed by atoms with Crippen LogP contribution in [0.15, 0.2) is 55.0 Å². The van der Waals surface area contributed by atoms with Crippen LogP contribution in [0.1, 0.15) is 41.3 Å². The second kappa shape index (κ2) is 8.60. The van der Waals surface area contributed by atoms with E-state index in [0.717, 1.165) is 34.7 Å². The van der Waals surface area contributed by atoms with Crippen LogP contribution in [0.4, 0.5) is 4.39 Å². The molecule has 170 valence electrons. The second-order valence-corrected chi connectivity index (χ2v) is 8.33. The maximum absolute atomic E-state index is 13.5. The fraction of sp³-hybridized carbons (Fsp3) is 0.231. The van der Waals surface area contributed by atoms with E-state index in [-0.39, 0.29) is 5.82 Å². The molecule has 2 aromatic heterocycles. The number of hydrogen-bond donors (Lipinski definition) is 0. The molecule has 0 spiro atoms. The van der Waals surface area contributed by atoms with Crippen molar-refractivity contribution in [1.29, 1.82) is 5.26 Å². The van der Waals surface area contributed by atoms with Gasteiger partial charge in [-0.25, -0.2) is 19.0 Å². The molecule has 4 aromatic rings. The highest BCUT2D eigenvalue weighted by atomic mass is 19.1. The van der Waals surface area contributed by atoms with Gasteiger partial charge in [-0.2, -0.15) is 10.4 Å². The van der Waals surface area contributed by atoms with E-state index in [1.165, 1.54) is 12.1 Å². The van der Waals surface area contributed by atoms with Gasteiger partial charge in [0.2, 0.25) is 0 Å². The van der Waals surface area contributed by atoms with E-state index >= 15 is 0 Å². The third-order valence-corrected chi connectivity index (χ3v) is 6.14. The molecule has 8 heteroatoms. The Balaban J connectivity index is 1.46. The lowest BCUT2D eigenvalue weighted by atomic mass is 9.75. The summed E-state index contributed by atoms with van der Waals surface area (Å²) in [5.74, 6) is 1.50. The van der Waals surface area contributed by atoms with Crippen molar-refractivity contribution in [3.05, 3.63) is 89.3 Å². The Labute approximate surface area is 196 Å². The Hall–Kier alpha value is -4.25. The first-order valence-electron chi connectivity index (χ1n) is 11.0. The Morgan fingerprint density at radius 1 is 1.18 bits per heavy atom. The highest BCUT2D eigenvalue weighted by molar-refractivity contribution is 5.69. The van der Waals surface area contributed by atoms with E-state index in [2.05, 4.69) is 16.2 Å². The molecule has 3 heterocycles. The summed E-state index contributed by atoms with van der Waals surface area (Å²) in [5.41, 5.74) is 2.54. The molecule has 0 radical (unpaired) electrons. The number of imidazole rings is 1. The lowest BCUT2D eigenvalue weighted by Crippen LogP contribution is -2.34. The van der Waals surface area contributed by atoms with Gasteiger partial charge in [-0.1, -0.05) is 24.3 Å². The van der Waals surface area contributed by atoms with Crippen molar-refractivity contribution in [2.45, 2.75) is 31.7 Å². The largest absolute Gasteiger partial charge is 0.495 e. The normalized spacial score (nSPS) is 17.5. The third kappa shape index (κ3) is 3.75. The first kappa shape index (κ1) is 21.6. The summed E-state index contributed by atoms with van der Waals surface area (Å²) < 4.78 is 22.8. The first-order valence-corrected chi connectivity index (χ1v) is 11.0. The molecule has 0 saturated heterocycles. The van der Waals surface area contributed by atoms with Gasteiger partial charge in [-0.3, -0.25) is 0 Å². The van der Waals surface area contributed by atoms with Gasteiger partial charge in [0.25, 0.3) is 0 Å². The number of halogens is 1. The van der Waals surface area contributed by atoms with E-state index in [4.69, 9.17) is 9.72 Å². The number of ether oxygens (including phenoxy) is 1. The van der Waals surface area contributed by atoms with Crippen LogP contribution >= 0.6 is 0 Å². The average molecular weight is 455 g/mol. The maximum atomic E-state index is 13.5. The van der Waals surface area contributed by atoms with Crippen LogP contribution in [0.5, 0.6) is 5.75 Å². The van der Waals surface area contributed by atoms with Gasteiger partial charge < -0.3 is 9.30 Å². The Morgan fingerprint density at radius 3 is 2.71 bits per heavy atom. The molecule has 7 nitrogen and oxygen atoms in total. The molecule has 1 atom stereocenters. The van der Waals surface area contributed by atoms with E-state index in [1.807, 2.05) is 48.0 Å². The first-order chi connectivity index (χ1) is 16.5. The number of aromatic nitrogens is 5. The molecule has 0 bridgehead atoms. The van der Waals surface area contributed by atoms with Gasteiger partial charge in [-0.05, 0) is 61.2 Å². The van der Waals surface area contributed by atoms with Crippen molar-refractivity contribution in [1.82, 2.24) is 24.3 Å². The number of benzene rings is 2. The van der Waals surface area contributed by atoms with Crippen molar-refractivity contribution in [2.75, 3.05) is 7.11 Å². The van der Waals surface area contributed by atoms with Crippen molar-refractivity contribution in [2.24, 2.45) is 0 Å². The van der Waals surface area contributed by atoms with E-state index in [9.17, 15) is 9.65 Å². The summed E-state index contributed by atoms with van der Waals surface area (Å²) in [6, 6.07) is 14.4. The fourth-order valence-corrected chi connectivity index (χ4v) is 4.42. The Morgan fingerprint density at radius 2 is 2.00 bits per heavy atom. The Kier molecular flexibility index (Phi) is 5.46. The number of rotatable bonds is 5. The van der Waals surface area contributed by atoms with Gasteiger partial charge in [0, 0.05) is 12.7 Å². The quantitative estimate of drug-likeness (QED) is 0.437. The van der Waals surface area contributed by atoms with E-state index in [1.54, 1.807) is 30.3 Å². The minimum atomic E-state index is -0.946. The number of aryl methyl sites for hydroxylation is 2. The average Bonchev–Trinajstić information content (AvgIpc) is 3.49. The van der Waals surface area contributed by atoms with E-state index in [0.29, 0.717) is 24.6 Å². The molecular weight excluding hydrogens is 431 g/mol. The predicted octanol–water partition coefficient (Wildman–Crippen LogP) is 4.69. The molecule has 0 fully saturated rings. The molecule has 1 aliphatic rings. The minimum Gasteiger partial charge on any atom is -0.495 e. The monoisotopic (exact) mass is 454 g/mol. The number of fused-ring (bicyclic) bond motifs is 1. The maximum Gasteiger partial charge on any atom is 0.174 e. The lowest BCUT2D eigenvalue weighted by molar-refractivity contribution is 0.392. The van der Waals surface area contributed by atoms with Crippen LogP contribution in [0.2, 0.25) is 0 Å². The second-order valence-electron chi connectivity index (χ2n) is 8.33. The predicted molar refractivity (Wildman–Crippen MR) is 126 cm³/mol. The topological polar surface area (TPSA) is 81.5 Å².